The summed E-state index contributed by atoms with van der Waals surface area (Å²) in [5.41, 5.74) is 1.30. The molecule has 6 nitrogen and oxygen atoms in total. The Hall–Kier alpha value is -3.03. The van der Waals surface area contributed by atoms with Crippen LogP contribution < -0.4 is 14.8 Å². The summed E-state index contributed by atoms with van der Waals surface area (Å²) in [6.45, 7) is 0. The predicted octanol–water partition coefficient (Wildman–Crippen LogP) is 5.48. The summed E-state index contributed by atoms with van der Waals surface area (Å²) in [5.74, 6) is 1.14. The van der Waals surface area contributed by atoms with E-state index >= 15 is 0 Å². The first-order valence-corrected chi connectivity index (χ1v) is 9.47. The van der Waals surface area contributed by atoms with Gasteiger partial charge in [-0.25, -0.2) is 4.98 Å². The number of hydrogen-bond donors (Lipinski definition) is 1. The average Bonchev–Trinajstić information content (AvgIpc) is 3.35. The van der Waals surface area contributed by atoms with Crippen molar-refractivity contribution in [2.75, 3.05) is 19.5 Å². The van der Waals surface area contributed by atoms with Gasteiger partial charge in [0.05, 0.1) is 35.1 Å². The molecule has 0 bridgehead atoms. The molecule has 0 aliphatic carbocycles. The Morgan fingerprint density at radius 2 is 1.89 bits per heavy atom. The number of ether oxygens (including phenoxy) is 2. The zero-order valence-electron chi connectivity index (χ0n) is 15.0. The number of rotatable bonds is 5. The van der Waals surface area contributed by atoms with E-state index in [-0.39, 0.29) is 5.76 Å². The van der Waals surface area contributed by atoms with Crippen LogP contribution in [0.3, 0.4) is 0 Å². The number of carbonyl (C=O) groups excluding carboxylic acids is 1. The van der Waals surface area contributed by atoms with Crippen LogP contribution in [0, 0.1) is 0 Å². The van der Waals surface area contributed by atoms with Crippen LogP contribution in [0.25, 0.3) is 21.0 Å². The highest BCUT2D eigenvalue weighted by Gasteiger charge is 2.18. The van der Waals surface area contributed by atoms with Crippen LogP contribution in [-0.4, -0.2) is 25.1 Å². The van der Waals surface area contributed by atoms with E-state index in [2.05, 4.69) is 10.3 Å². The molecule has 8 heteroatoms. The minimum atomic E-state index is -0.424. The van der Waals surface area contributed by atoms with Gasteiger partial charge in [0.15, 0.2) is 16.5 Å². The number of halogens is 1. The molecule has 0 spiro atoms. The van der Waals surface area contributed by atoms with Crippen LogP contribution in [0.5, 0.6) is 11.5 Å². The number of methoxy groups -OCH3 is 2. The van der Waals surface area contributed by atoms with E-state index in [1.807, 2.05) is 24.3 Å². The van der Waals surface area contributed by atoms with Crippen molar-refractivity contribution >= 4 is 44.7 Å². The number of thiazole rings is 1. The molecule has 0 saturated carbocycles. The lowest BCUT2D eigenvalue weighted by atomic mass is 10.2. The Kier molecular flexibility index (Phi) is 4.93. The zero-order chi connectivity index (χ0) is 19.7. The van der Waals surface area contributed by atoms with E-state index in [9.17, 15) is 4.79 Å². The van der Waals surface area contributed by atoms with Crippen molar-refractivity contribution in [3.63, 3.8) is 0 Å². The number of amides is 1. The Morgan fingerprint density at radius 1 is 1.11 bits per heavy atom. The van der Waals surface area contributed by atoms with Crippen LogP contribution in [-0.2, 0) is 0 Å². The molecule has 28 heavy (non-hydrogen) atoms. The maximum atomic E-state index is 12.6. The van der Waals surface area contributed by atoms with E-state index in [4.69, 9.17) is 25.5 Å². The normalized spacial score (nSPS) is 10.8. The average molecular weight is 415 g/mol. The Balaban J connectivity index is 1.59. The quantitative estimate of drug-likeness (QED) is 0.468. The minimum Gasteiger partial charge on any atom is -0.495 e. The van der Waals surface area contributed by atoms with Crippen molar-refractivity contribution in [2.45, 2.75) is 0 Å². The molecule has 1 N–H and O–H groups in total. The molecule has 1 amide bonds. The van der Waals surface area contributed by atoms with Gasteiger partial charge in [-0.15, -0.1) is 11.3 Å². The van der Waals surface area contributed by atoms with Crippen LogP contribution in [0.1, 0.15) is 10.6 Å². The monoisotopic (exact) mass is 414 g/mol. The molecule has 2 heterocycles. The molecular formula is C20H15ClN2O4S. The highest BCUT2D eigenvalue weighted by atomic mass is 35.5. The van der Waals surface area contributed by atoms with E-state index in [1.54, 1.807) is 24.3 Å². The highest BCUT2D eigenvalue weighted by molar-refractivity contribution is 7.21. The fourth-order valence-corrected chi connectivity index (χ4v) is 3.86. The van der Waals surface area contributed by atoms with E-state index in [1.165, 1.54) is 25.6 Å². The second-order valence-corrected chi connectivity index (χ2v) is 7.23. The molecule has 0 atom stereocenters. The number of anilines is 1. The van der Waals surface area contributed by atoms with Crippen LogP contribution in [0.4, 0.5) is 5.69 Å². The van der Waals surface area contributed by atoms with E-state index in [0.29, 0.717) is 33.0 Å². The third-order valence-corrected chi connectivity index (χ3v) is 5.40. The molecule has 0 radical (unpaired) electrons. The molecular weight excluding hydrogens is 400 g/mol. The molecule has 0 aliphatic heterocycles. The smallest absolute Gasteiger partial charge is 0.291 e. The van der Waals surface area contributed by atoms with Gasteiger partial charge < -0.3 is 19.2 Å². The summed E-state index contributed by atoms with van der Waals surface area (Å²) in [6.07, 6.45) is 0. The van der Waals surface area contributed by atoms with Gasteiger partial charge >= 0.3 is 0 Å². The molecule has 0 saturated heterocycles. The van der Waals surface area contributed by atoms with Crippen molar-refractivity contribution in [3.05, 3.63) is 59.3 Å². The van der Waals surface area contributed by atoms with Gasteiger partial charge in [-0.1, -0.05) is 23.7 Å². The molecule has 4 rings (SSSR count). The van der Waals surface area contributed by atoms with Crippen molar-refractivity contribution in [3.8, 4) is 22.3 Å². The fourth-order valence-electron chi connectivity index (χ4n) is 2.69. The number of carbonyl (C=O) groups is 1. The SMILES string of the molecule is COc1cc(OC)c(NC(=O)c2ccc(-c3nc4ccccc4s3)o2)cc1Cl. The van der Waals surface area contributed by atoms with Gasteiger partial charge in [0.25, 0.3) is 5.91 Å². The summed E-state index contributed by atoms with van der Waals surface area (Å²) in [5, 5.41) is 3.81. The standard InChI is InChI=1S/C20H15ClN2O4S/c1-25-16-10-17(26-2)13(9-11(16)21)22-19(24)14-7-8-15(27-14)20-23-12-5-3-4-6-18(12)28-20/h3-10H,1-2H3,(H,22,24). The van der Waals surface area contributed by atoms with Crippen molar-refractivity contribution in [2.24, 2.45) is 0 Å². The van der Waals surface area contributed by atoms with Gasteiger partial charge in [0.1, 0.15) is 11.5 Å². The summed E-state index contributed by atoms with van der Waals surface area (Å²) < 4.78 is 17.2. The molecule has 0 unspecified atom stereocenters. The second kappa shape index (κ2) is 7.53. The highest BCUT2D eigenvalue weighted by Crippen LogP contribution is 2.36. The lowest BCUT2D eigenvalue weighted by Crippen LogP contribution is -2.11. The number of furan rings is 1. The first-order chi connectivity index (χ1) is 13.6. The number of nitrogens with one attached hydrogen (secondary N) is 1. The topological polar surface area (TPSA) is 73.6 Å². The lowest BCUT2D eigenvalue weighted by Gasteiger charge is -2.12. The Labute approximate surface area is 169 Å². The van der Waals surface area contributed by atoms with Crippen LogP contribution in [0.2, 0.25) is 5.02 Å². The number of fused-ring (bicyclic) bond motifs is 1. The van der Waals surface area contributed by atoms with Crippen LogP contribution >= 0.6 is 22.9 Å². The Bertz CT molecular complexity index is 1140. The first kappa shape index (κ1) is 18.3. The summed E-state index contributed by atoms with van der Waals surface area (Å²) in [4.78, 5) is 17.2. The second-order valence-electron chi connectivity index (χ2n) is 5.79. The molecule has 142 valence electrons. The summed E-state index contributed by atoms with van der Waals surface area (Å²) in [7, 11) is 3.00. The first-order valence-electron chi connectivity index (χ1n) is 8.27. The van der Waals surface area contributed by atoms with Gasteiger partial charge in [-0.05, 0) is 30.3 Å². The molecule has 2 aromatic heterocycles. The van der Waals surface area contributed by atoms with Crippen molar-refractivity contribution in [1.29, 1.82) is 0 Å². The number of nitrogens with zero attached hydrogens (tertiary/aromatic N) is 1. The van der Waals surface area contributed by atoms with E-state index in [0.717, 1.165) is 10.2 Å². The number of benzene rings is 2. The molecule has 0 fully saturated rings. The van der Waals surface area contributed by atoms with Crippen molar-refractivity contribution < 1.29 is 18.7 Å². The van der Waals surface area contributed by atoms with Crippen LogP contribution in [0.15, 0.2) is 52.9 Å². The van der Waals surface area contributed by atoms with Gasteiger partial charge in [-0.2, -0.15) is 0 Å². The van der Waals surface area contributed by atoms with E-state index < -0.39 is 5.91 Å². The largest absolute Gasteiger partial charge is 0.495 e. The molecule has 2 aromatic carbocycles. The third kappa shape index (κ3) is 3.42. The minimum absolute atomic E-state index is 0.156. The summed E-state index contributed by atoms with van der Waals surface area (Å²) in [6, 6.07) is 14.3. The lowest BCUT2D eigenvalue weighted by molar-refractivity contribution is 0.0997. The Morgan fingerprint density at radius 3 is 2.64 bits per heavy atom. The zero-order valence-corrected chi connectivity index (χ0v) is 16.6. The van der Waals surface area contributed by atoms with Gasteiger partial charge in [0, 0.05) is 6.07 Å². The molecule has 0 aliphatic rings. The van der Waals surface area contributed by atoms with Gasteiger partial charge in [0.2, 0.25) is 0 Å². The number of aromatic nitrogens is 1. The fraction of sp³-hybridized carbons (Fsp3) is 0.100. The maximum absolute atomic E-state index is 12.6. The number of hydrogen-bond acceptors (Lipinski definition) is 6. The van der Waals surface area contributed by atoms with Gasteiger partial charge in [-0.3, -0.25) is 4.79 Å². The predicted molar refractivity (Wildman–Crippen MR) is 110 cm³/mol. The summed E-state index contributed by atoms with van der Waals surface area (Å²) >= 11 is 7.65. The number of para-hydroxylation sites is 1. The molecule has 4 aromatic rings. The third-order valence-electron chi connectivity index (χ3n) is 4.06. The maximum Gasteiger partial charge on any atom is 0.291 e. The van der Waals surface area contributed by atoms with Crippen molar-refractivity contribution in [1.82, 2.24) is 4.98 Å².